The Balaban J connectivity index is 2.20. The fourth-order valence-electron chi connectivity index (χ4n) is 2.01. The molecular formula is C14H17ClN2S. The molecular weight excluding hydrogens is 264 g/mol. The molecule has 0 amide bonds. The van der Waals surface area contributed by atoms with Crippen LogP contribution in [0.15, 0.2) is 30.3 Å². The summed E-state index contributed by atoms with van der Waals surface area (Å²) in [6, 6.07) is 10.4. The largest absolute Gasteiger partial charge is 0.369 e. The third-order valence-electron chi connectivity index (χ3n) is 2.89. The Morgan fingerprint density at radius 3 is 2.67 bits per heavy atom. The maximum atomic E-state index is 5.95. The summed E-state index contributed by atoms with van der Waals surface area (Å²) in [4.78, 5) is 3.47. The maximum absolute atomic E-state index is 5.95. The van der Waals surface area contributed by atoms with Gasteiger partial charge in [0, 0.05) is 24.2 Å². The quantitative estimate of drug-likeness (QED) is 0.923. The first-order chi connectivity index (χ1) is 8.60. The van der Waals surface area contributed by atoms with Crippen molar-refractivity contribution >= 4 is 28.6 Å². The van der Waals surface area contributed by atoms with Crippen LogP contribution in [0.3, 0.4) is 0 Å². The van der Waals surface area contributed by atoms with Gasteiger partial charge in [0.1, 0.15) is 0 Å². The summed E-state index contributed by atoms with van der Waals surface area (Å²) in [6.45, 7) is 3.50. The van der Waals surface area contributed by atoms with E-state index in [0.717, 1.165) is 10.9 Å². The number of hydrogen-bond acceptors (Lipinski definition) is 3. The van der Waals surface area contributed by atoms with Crippen molar-refractivity contribution in [2.24, 2.45) is 5.73 Å². The first-order valence-electron chi connectivity index (χ1n) is 5.85. The van der Waals surface area contributed by atoms with Gasteiger partial charge in [-0.05, 0) is 30.7 Å². The molecule has 1 heterocycles. The number of benzene rings is 1. The van der Waals surface area contributed by atoms with E-state index in [1.54, 1.807) is 11.3 Å². The molecule has 0 atom stereocenters. The van der Waals surface area contributed by atoms with Crippen molar-refractivity contribution < 1.29 is 0 Å². The van der Waals surface area contributed by atoms with E-state index in [4.69, 9.17) is 17.3 Å². The van der Waals surface area contributed by atoms with Gasteiger partial charge in [-0.3, -0.25) is 0 Å². The molecule has 2 rings (SSSR count). The predicted molar refractivity (Wildman–Crippen MR) is 80.5 cm³/mol. The van der Waals surface area contributed by atoms with Crippen LogP contribution in [0.5, 0.6) is 0 Å². The van der Waals surface area contributed by atoms with Crippen molar-refractivity contribution in [2.75, 3.05) is 11.9 Å². The zero-order valence-corrected chi connectivity index (χ0v) is 12.2. The standard InChI is InChI=1S/C14H17ClN2S/c1-10-3-5-13(11(7-10)8-16)17(2)9-12-4-6-14(15)18-12/h3-7H,8-9,16H2,1-2H3. The van der Waals surface area contributed by atoms with Gasteiger partial charge in [-0.15, -0.1) is 11.3 Å². The molecule has 0 radical (unpaired) electrons. The monoisotopic (exact) mass is 280 g/mol. The van der Waals surface area contributed by atoms with Crippen LogP contribution in [0, 0.1) is 6.92 Å². The van der Waals surface area contributed by atoms with E-state index in [1.807, 2.05) is 6.07 Å². The number of nitrogens with zero attached hydrogens (tertiary/aromatic N) is 1. The first-order valence-corrected chi connectivity index (χ1v) is 7.04. The Kier molecular flexibility index (Phi) is 4.27. The number of rotatable bonds is 4. The normalized spacial score (nSPS) is 10.7. The molecule has 18 heavy (non-hydrogen) atoms. The van der Waals surface area contributed by atoms with Crippen LogP contribution in [0.2, 0.25) is 4.34 Å². The Morgan fingerprint density at radius 2 is 2.06 bits per heavy atom. The second kappa shape index (κ2) is 5.74. The molecule has 96 valence electrons. The smallest absolute Gasteiger partial charge is 0.0931 e. The molecule has 0 saturated carbocycles. The minimum Gasteiger partial charge on any atom is -0.369 e. The highest BCUT2D eigenvalue weighted by Crippen LogP contribution is 2.26. The highest BCUT2D eigenvalue weighted by Gasteiger charge is 2.08. The van der Waals surface area contributed by atoms with Crippen molar-refractivity contribution in [1.82, 2.24) is 0 Å². The molecule has 1 aromatic heterocycles. The van der Waals surface area contributed by atoms with Crippen molar-refractivity contribution in [3.05, 3.63) is 50.7 Å². The van der Waals surface area contributed by atoms with Gasteiger partial charge in [0.2, 0.25) is 0 Å². The predicted octanol–water partition coefficient (Wildman–Crippen LogP) is 3.81. The third-order valence-corrected chi connectivity index (χ3v) is 4.10. The van der Waals surface area contributed by atoms with Gasteiger partial charge in [-0.25, -0.2) is 0 Å². The molecule has 0 unspecified atom stereocenters. The van der Waals surface area contributed by atoms with Crippen molar-refractivity contribution in [1.29, 1.82) is 0 Å². The Bertz CT molecular complexity index is 536. The zero-order chi connectivity index (χ0) is 13.1. The van der Waals surface area contributed by atoms with E-state index in [0.29, 0.717) is 6.54 Å². The van der Waals surface area contributed by atoms with Gasteiger partial charge < -0.3 is 10.6 Å². The lowest BCUT2D eigenvalue weighted by Crippen LogP contribution is -2.18. The minimum atomic E-state index is 0.562. The lowest BCUT2D eigenvalue weighted by atomic mass is 10.1. The minimum absolute atomic E-state index is 0.562. The summed E-state index contributed by atoms with van der Waals surface area (Å²) in [7, 11) is 2.08. The van der Waals surface area contributed by atoms with Crippen molar-refractivity contribution in [3.63, 3.8) is 0 Å². The van der Waals surface area contributed by atoms with E-state index in [2.05, 4.69) is 43.1 Å². The number of hydrogen-bond donors (Lipinski definition) is 1. The van der Waals surface area contributed by atoms with E-state index in [1.165, 1.54) is 21.7 Å². The number of halogens is 1. The summed E-state index contributed by atoms with van der Waals surface area (Å²) in [5.74, 6) is 0. The Labute approximate surface area is 117 Å². The Morgan fingerprint density at radius 1 is 1.28 bits per heavy atom. The first kappa shape index (κ1) is 13.4. The van der Waals surface area contributed by atoms with Crippen LogP contribution in [-0.4, -0.2) is 7.05 Å². The molecule has 0 aliphatic heterocycles. The fourth-order valence-corrected chi connectivity index (χ4v) is 3.15. The van der Waals surface area contributed by atoms with Crippen LogP contribution in [0.4, 0.5) is 5.69 Å². The third kappa shape index (κ3) is 3.05. The van der Waals surface area contributed by atoms with Crippen molar-refractivity contribution in [2.45, 2.75) is 20.0 Å². The second-order valence-electron chi connectivity index (χ2n) is 4.40. The zero-order valence-electron chi connectivity index (χ0n) is 10.6. The molecule has 2 nitrogen and oxygen atoms in total. The van der Waals surface area contributed by atoms with Crippen LogP contribution in [0.1, 0.15) is 16.0 Å². The summed E-state index contributed by atoms with van der Waals surface area (Å²) in [6.07, 6.45) is 0. The molecule has 4 heteroatoms. The molecule has 0 fully saturated rings. The average Bonchev–Trinajstić information content (AvgIpc) is 2.74. The van der Waals surface area contributed by atoms with Gasteiger partial charge in [0.25, 0.3) is 0 Å². The van der Waals surface area contributed by atoms with E-state index >= 15 is 0 Å². The highest BCUT2D eigenvalue weighted by atomic mass is 35.5. The molecule has 0 bridgehead atoms. The van der Waals surface area contributed by atoms with Gasteiger partial charge in [-0.1, -0.05) is 29.3 Å². The van der Waals surface area contributed by atoms with E-state index in [-0.39, 0.29) is 0 Å². The van der Waals surface area contributed by atoms with Crippen LogP contribution >= 0.6 is 22.9 Å². The molecule has 0 spiro atoms. The van der Waals surface area contributed by atoms with Gasteiger partial charge >= 0.3 is 0 Å². The van der Waals surface area contributed by atoms with Crippen LogP contribution in [0.25, 0.3) is 0 Å². The highest BCUT2D eigenvalue weighted by molar-refractivity contribution is 7.16. The molecule has 0 aliphatic rings. The van der Waals surface area contributed by atoms with Gasteiger partial charge in [-0.2, -0.15) is 0 Å². The van der Waals surface area contributed by atoms with Crippen LogP contribution < -0.4 is 10.6 Å². The number of anilines is 1. The number of aryl methyl sites for hydroxylation is 1. The van der Waals surface area contributed by atoms with Crippen LogP contribution in [-0.2, 0) is 13.1 Å². The van der Waals surface area contributed by atoms with E-state index < -0.39 is 0 Å². The molecule has 2 N–H and O–H groups in total. The maximum Gasteiger partial charge on any atom is 0.0931 e. The molecule has 0 aliphatic carbocycles. The van der Waals surface area contributed by atoms with E-state index in [9.17, 15) is 0 Å². The molecule has 0 saturated heterocycles. The summed E-state index contributed by atoms with van der Waals surface area (Å²) >= 11 is 7.57. The molecule has 2 aromatic rings. The topological polar surface area (TPSA) is 29.3 Å². The summed E-state index contributed by atoms with van der Waals surface area (Å²) in [5.41, 5.74) is 9.42. The lowest BCUT2D eigenvalue weighted by Gasteiger charge is -2.22. The van der Waals surface area contributed by atoms with Crippen molar-refractivity contribution in [3.8, 4) is 0 Å². The fraction of sp³-hybridized carbons (Fsp3) is 0.286. The Hall–Kier alpha value is -1.03. The average molecular weight is 281 g/mol. The van der Waals surface area contributed by atoms with Gasteiger partial charge in [0.15, 0.2) is 0 Å². The summed E-state index contributed by atoms with van der Waals surface area (Å²) < 4.78 is 0.835. The summed E-state index contributed by atoms with van der Waals surface area (Å²) in [5, 5.41) is 0. The second-order valence-corrected chi connectivity index (χ2v) is 6.20. The molecule has 1 aromatic carbocycles. The number of nitrogens with two attached hydrogens (primary N) is 1. The SMILES string of the molecule is Cc1ccc(N(C)Cc2ccc(Cl)s2)c(CN)c1. The number of thiophene rings is 1. The lowest BCUT2D eigenvalue weighted by molar-refractivity contribution is 0.916. The van der Waals surface area contributed by atoms with Gasteiger partial charge in [0.05, 0.1) is 10.9 Å².